The van der Waals surface area contributed by atoms with E-state index in [4.69, 9.17) is 23.2 Å². The average molecular weight is 579 g/mol. The van der Waals surface area contributed by atoms with Crippen LogP contribution in [0.2, 0.25) is 10.0 Å². The molecule has 3 nitrogen and oxygen atoms in total. The zero-order chi connectivity index (χ0) is 22.5. The van der Waals surface area contributed by atoms with Gasteiger partial charge in [-0.25, -0.2) is 0 Å². The van der Waals surface area contributed by atoms with Crippen LogP contribution in [0.4, 0.5) is 5.69 Å². The van der Waals surface area contributed by atoms with Gasteiger partial charge in [-0.15, -0.1) is 0 Å². The Bertz CT molecular complexity index is 1060. The minimum Gasteiger partial charge on any atom is -0.360 e. The summed E-state index contributed by atoms with van der Waals surface area (Å²) in [5.74, 6) is 0.199. The van der Waals surface area contributed by atoms with Crippen molar-refractivity contribution >= 4 is 57.4 Å². The quantitative estimate of drug-likeness (QED) is 0.233. The molecule has 32 heavy (non-hydrogen) atoms. The molecule has 0 unspecified atom stereocenters. The van der Waals surface area contributed by atoms with E-state index >= 15 is 0 Å². The Balaban J connectivity index is 1.55. The van der Waals surface area contributed by atoms with Gasteiger partial charge < -0.3 is 9.80 Å². The number of nitrogens with zero attached hydrogens (tertiary/aromatic N) is 2. The molecule has 0 aliphatic carbocycles. The number of hydrogen-bond donors (Lipinski definition) is 0. The first-order valence-corrected chi connectivity index (χ1v) is 13.0. The Morgan fingerprint density at radius 2 is 1.69 bits per heavy atom. The number of hydrogen-bond acceptors (Lipinski definition) is 2. The Kier molecular flexibility index (Phi) is 7.98. The molecule has 0 bridgehead atoms. The Hall–Kier alpha value is -1.76. The fraction of sp³-hybridized carbons (Fsp3) is 0.269. The summed E-state index contributed by atoms with van der Waals surface area (Å²) in [5.41, 5.74) is 4.62. The Labute approximate surface area is 213 Å². The molecule has 1 heterocycles. The van der Waals surface area contributed by atoms with Crippen molar-refractivity contribution in [3.8, 4) is 0 Å². The number of benzene rings is 3. The number of carbonyl (C=O) groups is 1. The van der Waals surface area contributed by atoms with Crippen LogP contribution in [-0.2, 0) is 15.6 Å². The van der Waals surface area contributed by atoms with Crippen LogP contribution in [0.5, 0.6) is 0 Å². The smallest absolute Gasteiger partial charge is 0.223 e. The minimum absolute atomic E-state index is 0.0337. The topological polar surface area (TPSA) is 23.6 Å². The Morgan fingerprint density at radius 1 is 0.938 bits per heavy atom. The molecule has 0 N–H and O–H groups in total. The van der Waals surface area contributed by atoms with Crippen molar-refractivity contribution in [2.75, 3.05) is 24.5 Å². The maximum Gasteiger partial charge on any atom is 0.223 e. The van der Waals surface area contributed by atoms with Crippen molar-refractivity contribution in [1.29, 1.82) is 0 Å². The third kappa shape index (κ3) is 5.59. The maximum atomic E-state index is 13.1. The first-order chi connectivity index (χ1) is 15.5. The van der Waals surface area contributed by atoms with Crippen molar-refractivity contribution < 1.29 is 4.79 Å². The van der Waals surface area contributed by atoms with Gasteiger partial charge in [-0.1, -0.05) is 100 Å². The van der Waals surface area contributed by atoms with Gasteiger partial charge in [-0.05, 0) is 41.3 Å². The molecular formula is C26H25Cl2IN2O. The van der Waals surface area contributed by atoms with Crippen molar-refractivity contribution in [1.82, 2.24) is 4.90 Å². The van der Waals surface area contributed by atoms with E-state index in [1.54, 1.807) is 6.07 Å². The van der Waals surface area contributed by atoms with Gasteiger partial charge in [0.15, 0.2) is 0 Å². The molecule has 1 aliphatic rings. The SMILES string of the molecule is O=C(CCc1ccccc1)N1CCN(c2ccc(Cl)cc2Cl)[C@H](c2ccc(CI)cc2)C1. The van der Waals surface area contributed by atoms with E-state index in [-0.39, 0.29) is 11.9 Å². The van der Waals surface area contributed by atoms with E-state index in [0.29, 0.717) is 29.6 Å². The van der Waals surface area contributed by atoms with Crippen LogP contribution >= 0.6 is 45.8 Å². The van der Waals surface area contributed by atoms with Crippen molar-refractivity contribution in [3.05, 3.63) is 99.5 Å². The second-order valence-corrected chi connectivity index (χ2v) is 9.61. The lowest BCUT2D eigenvalue weighted by molar-refractivity contribution is -0.132. The molecule has 1 saturated heterocycles. The fourth-order valence-corrected chi connectivity index (χ4v) is 5.21. The van der Waals surface area contributed by atoms with Gasteiger partial charge in [0.2, 0.25) is 5.91 Å². The summed E-state index contributed by atoms with van der Waals surface area (Å²) < 4.78 is 0.972. The number of piperazine rings is 1. The highest BCUT2D eigenvalue weighted by atomic mass is 127. The monoisotopic (exact) mass is 578 g/mol. The van der Waals surface area contributed by atoms with Crippen LogP contribution in [0.15, 0.2) is 72.8 Å². The highest BCUT2D eigenvalue weighted by Crippen LogP contribution is 2.36. The zero-order valence-electron chi connectivity index (χ0n) is 17.7. The first-order valence-electron chi connectivity index (χ1n) is 10.7. The van der Waals surface area contributed by atoms with E-state index in [9.17, 15) is 4.79 Å². The number of anilines is 1. The van der Waals surface area contributed by atoms with Crippen LogP contribution in [0.25, 0.3) is 0 Å². The van der Waals surface area contributed by atoms with Gasteiger partial charge >= 0.3 is 0 Å². The fourth-order valence-electron chi connectivity index (χ4n) is 4.18. The van der Waals surface area contributed by atoms with Crippen LogP contribution in [0, 0.1) is 0 Å². The van der Waals surface area contributed by atoms with Crippen molar-refractivity contribution in [3.63, 3.8) is 0 Å². The van der Waals surface area contributed by atoms with Crippen LogP contribution in [0.1, 0.15) is 29.2 Å². The molecule has 1 amide bonds. The minimum atomic E-state index is 0.0337. The van der Waals surface area contributed by atoms with Gasteiger partial charge in [0.05, 0.1) is 16.8 Å². The summed E-state index contributed by atoms with van der Waals surface area (Å²) in [5, 5.41) is 1.26. The standard InChI is InChI=1S/C26H25Cl2IN2O/c27-22-11-12-24(23(28)16-22)31-15-14-30(26(32)13-8-19-4-2-1-3-5-19)18-25(31)21-9-6-20(17-29)7-10-21/h1-7,9-12,16,25H,8,13-15,17-18H2/t25-/m0/s1. The highest BCUT2D eigenvalue weighted by molar-refractivity contribution is 14.1. The largest absolute Gasteiger partial charge is 0.360 e. The summed E-state index contributed by atoms with van der Waals surface area (Å²) in [6.07, 6.45) is 1.28. The summed E-state index contributed by atoms with van der Waals surface area (Å²) in [6, 6.07) is 24.5. The second-order valence-electron chi connectivity index (χ2n) is 8.01. The van der Waals surface area contributed by atoms with Crippen LogP contribution < -0.4 is 4.90 Å². The van der Waals surface area contributed by atoms with E-state index in [2.05, 4.69) is 63.9 Å². The predicted octanol–water partition coefficient (Wildman–Crippen LogP) is 6.95. The summed E-state index contributed by atoms with van der Waals surface area (Å²) in [4.78, 5) is 17.4. The normalized spacial score (nSPS) is 16.3. The van der Waals surface area contributed by atoms with Crippen molar-refractivity contribution in [2.45, 2.75) is 23.3 Å². The molecule has 0 spiro atoms. The second kappa shape index (κ2) is 10.9. The number of amides is 1. The molecule has 3 aromatic rings. The summed E-state index contributed by atoms with van der Waals surface area (Å²) in [6.45, 7) is 2.03. The lowest BCUT2D eigenvalue weighted by Gasteiger charge is -2.43. The van der Waals surface area contributed by atoms with Crippen LogP contribution in [0.3, 0.4) is 0 Å². The maximum absolute atomic E-state index is 13.1. The number of carbonyl (C=O) groups excluding carboxylic acids is 1. The molecule has 166 valence electrons. The average Bonchev–Trinajstić information content (AvgIpc) is 2.83. The van der Waals surface area contributed by atoms with E-state index in [1.165, 1.54) is 16.7 Å². The Morgan fingerprint density at radius 3 is 2.38 bits per heavy atom. The number of rotatable bonds is 6. The van der Waals surface area contributed by atoms with Gasteiger partial charge in [0.25, 0.3) is 0 Å². The lowest BCUT2D eigenvalue weighted by Crippen LogP contribution is -2.50. The lowest BCUT2D eigenvalue weighted by atomic mass is 9.99. The number of alkyl halides is 1. The molecule has 1 aliphatic heterocycles. The van der Waals surface area contributed by atoms with Crippen molar-refractivity contribution in [2.24, 2.45) is 0 Å². The molecule has 4 rings (SSSR count). The van der Waals surface area contributed by atoms with Gasteiger partial charge in [-0.3, -0.25) is 4.79 Å². The number of aryl methyl sites for hydroxylation is 1. The molecule has 1 fully saturated rings. The highest BCUT2D eigenvalue weighted by Gasteiger charge is 2.31. The third-order valence-electron chi connectivity index (χ3n) is 5.94. The van der Waals surface area contributed by atoms with Gasteiger partial charge in [0.1, 0.15) is 0 Å². The van der Waals surface area contributed by atoms with Gasteiger partial charge in [0, 0.05) is 35.5 Å². The molecule has 1 atom stereocenters. The summed E-state index contributed by atoms with van der Waals surface area (Å²) >= 11 is 15.1. The van der Waals surface area contributed by atoms with E-state index < -0.39 is 0 Å². The molecule has 0 saturated carbocycles. The molecule has 3 aromatic carbocycles. The predicted molar refractivity (Wildman–Crippen MR) is 142 cm³/mol. The molecule has 6 heteroatoms. The summed E-state index contributed by atoms with van der Waals surface area (Å²) in [7, 11) is 0. The number of halogens is 3. The third-order valence-corrected chi connectivity index (χ3v) is 7.36. The molecular weight excluding hydrogens is 554 g/mol. The first kappa shape index (κ1) is 23.4. The molecule has 0 radical (unpaired) electrons. The van der Waals surface area contributed by atoms with E-state index in [0.717, 1.165) is 23.1 Å². The zero-order valence-corrected chi connectivity index (χ0v) is 21.4. The van der Waals surface area contributed by atoms with E-state index in [1.807, 2.05) is 35.2 Å². The molecule has 0 aromatic heterocycles. The van der Waals surface area contributed by atoms with Crippen LogP contribution in [-0.4, -0.2) is 30.4 Å². The van der Waals surface area contributed by atoms with Gasteiger partial charge in [-0.2, -0.15) is 0 Å².